The molecular weight excluding hydrogens is 1730 g/mol. The number of fused-ring (bicyclic) bond motifs is 6. The molecule has 11 aromatic carbocycles. The number of aliphatic hydroxyl groups is 2. The van der Waals surface area contributed by atoms with E-state index in [2.05, 4.69) is 286 Å². The number of methoxy groups -OCH3 is 3. The highest BCUT2D eigenvalue weighted by molar-refractivity contribution is 7.79. The molecule has 0 saturated carbocycles. The number of benzene rings is 11. The molecule has 15 nitrogen and oxygen atoms in total. The molecule has 2 heterocycles. The maximum absolute atomic E-state index is 10.5. The highest BCUT2D eigenvalue weighted by Gasteiger charge is 2.37. The summed E-state index contributed by atoms with van der Waals surface area (Å²) in [5, 5.41) is 33.3. The Kier molecular flexibility index (Phi) is 31.1. The lowest BCUT2D eigenvalue weighted by atomic mass is 9.81. The van der Waals surface area contributed by atoms with Gasteiger partial charge < -0.3 is 68.9 Å². The zero-order valence-corrected chi connectivity index (χ0v) is 88.0. The molecule has 0 aliphatic carbocycles. The van der Waals surface area contributed by atoms with E-state index >= 15 is 0 Å². The van der Waals surface area contributed by atoms with Crippen LogP contribution in [0, 0.1) is 41.5 Å². The topological polar surface area (TPSA) is 187 Å². The van der Waals surface area contributed by atoms with Gasteiger partial charge in [-0.3, -0.25) is 0 Å². The monoisotopic (exact) mass is 1870 g/mol. The zero-order chi connectivity index (χ0) is 96.7. The molecule has 0 fully saturated rings. The summed E-state index contributed by atoms with van der Waals surface area (Å²) in [5.41, 5.74) is 20.3. The summed E-state index contributed by atoms with van der Waals surface area (Å²) in [4.78, 5) is 0. The quantitative estimate of drug-likeness (QED) is 0.0649. The summed E-state index contributed by atoms with van der Waals surface area (Å²) >= 11 is 6.67. The van der Waals surface area contributed by atoms with Crippen molar-refractivity contribution in [3.05, 3.63) is 264 Å². The first kappa shape index (κ1) is 102. The Morgan fingerprint density at radius 3 is 0.962 bits per heavy atom. The molecule has 131 heavy (non-hydrogen) atoms. The molecule has 2 aromatic heterocycles. The van der Waals surface area contributed by atoms with Gasteiger partial charge in [-0.1, -0.05) is 250 Å². The van der Waals surface area contributed by atoms with Crippen molar-refractivity contribution in [3.63, 3.8) is 0 Å². The van der Waals surface area contributed by atoms with Crippen LogP contribution in [-0.2, 0) is 62.7 Å². The molecule has 3 N–H and O–H groups in total. The van der Waals surface area contributed by atoms with Gasteiger partial charge in [0.1, 0.15) is 74.1 Å². The van der Waals surface area contributed by atoms with Crippen LogP contribution in [-0.4, -0.2) is 43.3 Å². The average molecular weight is 1870 g/mol. The van der Waals surface area contributed by atoms with E-state index < -0.39 is 43.2 Å². The molecule has 0 spiro atoms. The van der Waals surface area contributed by atoms with Gasteiger partial charge in [0, 0.05) is 95.0 Å². The second-order valence-electron chi connectivity index (χ2n) is 42.9. The minimum Gasteiger partial charge on any atom is -0.508 e. The number of aromatic hydroxyl groups is 1. The van der Waals surface area contributed by atoms with Crippen LogP contribution in [0.5, 0.6) is 51.7 Å². The van der Waals surface area contributed by atoms with Gasteiger partial charge in [-0.05, 0) is 232 Å². The van der Waals surface area contributed by atoms with E-state index in [-0.39, 0.29) is 45.7 Å². The standard InChI is InChI=1S/C59H72O6P2.C45H59ClO8P2.C7H8O/c1-36-21-19-23-41(25-36)35-66(61-42-24-20-22-37(2)26-42)62-52-46(29-40(5)30-48(52)56(6,7)8)47-33-43(60-18)34-51(59(15,16)17)55(47)65-67-63-53-44(27-38(3)31-49(53)57(9,10)11)45-28-39(4)32-50(54(45)64-67)58(12,13)14;1-42(2,3)34-18-26(24-47)16-30-31-17-27(25-48)19-35(43(4,5)6)40(31)53-56(52-39(30)34)54-41-33(21-29(50-14)23-37(41)45(10,11)12)32-20-28(49-13)22-36(44(7,8)9)38(32)51-55(15)46;1-6-3-2-4-7(8)5-6/h19-34H,35H2,1-18H3;16-23,47-48H,24-25H2,1-15H3;2-5,8H,1H3. The van der Waals surface area contributed by atoms with E-state index in [9.17, 15) is 10.2 Å². The van der Waals surface area contributed by atoms with E-state index in [0.717, 1.165) is 150 Å². The zero-order valence-electron chi connectivity index (χ0n) is 83.7. The number of hydrogen-bond acceptors (Lipinski definition) is 15. The number of aryl methyl sites for hydroxylation is 6. The normalized spacial score (nSPS) is 12.8. The second kappa shape index (κ2) is 40.0. The smallest absolute Gasteiger partial charge is 0.453 e. The fourth-order valence-corrected chi connectivity index (χ4v) is 20.5. The number of aliphatic hydroxyl groups excluding tert-OH is 2. The Hall–Kier alpha value is -9.51. The lowest BCUT2D eigenvalue weighted by Gasteiger charge is -2.30. The van der Waals surface area contributed by atoms with Gasteiger partial charge in [-0.2, -0.15) is 0 Å². The molecule has 2 atom stereocenters. The maximum atomic E-state index is 10.5. The van der Waals surface area contributed by atoms with Gasteiger partial charge in [0.05, 0.1) is 40.7 Å². The fraction of sp³-hybridized carbons (Fsp3) is 0.405. The highest BCUT2D eigenvalue weighted by atomic mass is 35.7. The third-order valence-corrected chi connectivity index (χ3v) is 26.9. The molecule has 0 amide bonds. The number of phenolic OH excluding ortho intramolecular Hbond substituents is 1. The lowest BCUT2D eigenvalue weighted by Crippen LogP contribution is -2.16. The Bertz CT molecular complexity index is 6210. The van der Waals surface area contributed by atoms with Gasteiger partial charge in [-0.25, -0.2) is 0 Å². The van der Waals surface area contributed by atoms with Crippen LogP contribution in [0.15, 0.2) is 187 Å². The second-order valence-corrected chi connectivity index (χ2v) is 48.7. The number of hydrogen-bond donors (Lipinski definition) is 3. The first-order valence-corrected chi connectivity index (χ1v) is 51.0. The number of halogens is 1. The van der Waals surface area contributed by atoms with Crippen molar-refractivity contribution in [1.82, 2.24) is 0 Å². The summed E-state index contributed by atoms with van der Waals surface area (Å²) in [5.74, 6) is 5.66. The Morgan fingerprint density at radius 1 is 0.305 bits per heavy atom. The van der Waals surface area contributed by atoms with Gasteiger partial charge in [0.2, 0.25) is 0 Å². The summed E-state index contributed by atoms with van der Waals surface area (Å²) in [6, 6.07) is 57.3. The molecule has 13 aromatic rings. The molecular formula is C111H139ClO15P4. The van der Waals surface area contributed by atoms with Gasteiger partial charge in [-0.15, -0.1) is 0 Å². The first-order chi connectivity index (χ1) is 60.9. The Balaban J connectivity index is 0.000000236. The molecule has 700 valence electrons. The van der Waals surface area contributed by atoms with Crippen LogP contribution in [0.4, 0.5) is 0 Å². The predicted molar refractivity (Wildman–Crippen MR) is 550 cm³/mol. The van der Waals surface area contributed by atoms with Crippen molar-refractivity contribution in [2.45, 2.75) is 270 Å². The van der Waals surface area contributed by atoms with Crippen molar-refractivity contribution in [2.24, 2.45) is 0 Å². The molecule has 20 heteroatoms. The summed E-state index contributed by atoms with van der Waals surface area (Å²) in [7, 11) is -2.23. The van der Waals surface area contributed by atoms with Gasteiger partial charge >= 0.3 is 16.5 Å². The van der Waals surface area contributed by atoms with Gasteiger partial charge in [0.15, 0.2) is 7.50 Å². The largest absolute Gasteiger partial charge is 0.508 e. The van der Waals surface area contributed by atoms with E-state index in [1.165, 1.54) is 5.56 Å². The van der Waals surface area contributed by atoms with E-state index in [1.807, 2.05) is 86.4 Å². The molecule has 0 aliphatic heterocycles. The van der Waals surface area contributed by atoms with Crippen LogP contribution in [0.25, 0.3) is 66.1 Å². The number of phenols is 1. The van der Waals surface area contributed by atoms with Crippen molar-refractivity contribution in [3.8, 4) is 74.0 Å². The molecule has 0 aliphatic rings. The average Bonchev–Trinajstić information content (AvgIpc) is 1.21. The van der Waals surface area contributed by atoms with Gasteiger partial charge in [0.25, 0.3) is 8.38 Å². The van der Waals surface area contributed by atoms with E-state index in [4.69, 9.17) is 70.0 Å². The SMILES string of the molecule is COc1cc(-c2cc(C)cc(C(C)(C)C)c2OP(Cc2cccc(C)c2)Oc2cccc(C)c2)c(Op2oc3c(C(C)(C)C)cc(C)cc3c3cc(C)cc(C(C)(C)C)c3o2)c(C(C)(C)C)c1.COc1cc(-c2cc(OC)cc(C(C)(C)C)c2Op2oc3c(C(C)(C)C)cc(CO)cc3c3cc(CO)cc(C(C)(C)C)c3o2)c(OP(C)Cl)c(C(C)(C)C)c1.Cc1cccc(O)c1. The molecule has 0 saturated heterocycles. The van der Waals surface area contributed by atoms with E-state index in [1.54, 1.807) is 33.5 Å². The molecule has 2 unspecified atom stereocenters. The highest BCUT2D eigenvalue weighted by Crippen LogP contribution is 2.59. The van der Waals surface area contributed by atoms with Crippen LogP contribution in [0.2, 0.25) is 0 Å². The first-order valence-electron chi connectivity index (χ1n) is 44.9. The molecule has 13 rings (SSSR count). The summed E-state index contributed by atoms with van der Waals surface area (Å²) in [6.07, 6.45) is 0.577. The van der Waals surface area contributed by atoms with Crippen LogP contribution >= 0.6 is 43.6 Å². The summed E-state index contributed by atoms with van der Waals surface area (Å²) in [6.45, 7) is 66.4. The molecule has 0 bridgehead atoms. The van der Waals surface area contributed by atoms with Crippen LogP contribution < -0.4 is 36.8 Å². The fourth-order valence-electron chi connectivity index (χ4n) is 16.1. The maximum Gasteiger partial charge on any atom is 0.453 e. The van der Waals surface area contributed by atoms with Crippen molar-refractivity contribution >= 4 is 87.5 Å². The number of ether oxygens (including phenoxy) is 3. The third kappa shape index (κ3) is 24.6. The minimum absolute atomic E-state index is 0.155. The summed E-state index contributed by atoms with van der Waals surface area (Å²) < 4.78 is 82.3. The third-order valence-electron chi connectivity index (χ3n) is 22.9. The Morgan fingerprint density at radius 2 is 0.618 bits per heavy atom. The molecule has 0 radical (unpaired) electrons. The van der Waals surface area contributed by atoms with Crippen LogP contribution in [0.3, 0.4) is 0 Å². The minimum atomic E-state index is -2.21. The van der Waals surface area contributed by atoms with Crippen molar-refractivity contribution in [1.29, 1.82) is 0 Å². The van der Waals surface area contributed by atoms with Crippen LogP contribution in [0.1, 0.15) is 261 Å². The van der Waals surface area contributed by atoms with E-state index in [0.29, 0.717) is 63.1 Å². The predicted octanol–water partition coefficient (Wildman–Crippen LogP) is 33.8. The van der Waals surface area contributed by atoms with Crippen molar-refractivity contribution in [2.75, 3.05) is 28.0 Å². The lowest BCUT2D eigenvalue weighted by molar-refractivity contribution is 0.281. The Labute approximate surface area is 788 Å². The van der Waals surface area contributed by atoms with Crippen molar-refractivity contribution < 1.29 is 68.9 Å². The number of rotatable bonds is 19.